The predicted octanol–water partition coefficient (Wildman–Crippen LogP) is 2.27. The van der Waals surface area contributed by atoms with Gasteiger partial charge in [-0.1, -0.05) is 0 Å². The second-order valence-electron chi connectivity index (χ2n) is 7.49. The minimum Gasteiger partial charge on any atom is -0.363 e. The van der Waals surface area contributed by atoms with Gasteiger partial charge in [0.05, 0.1) is 16.6 Å². The SMILES string of the molecule is O=C=C(Cc1cscn1)N1CCN(c2ncnc3[nH]ccc23)CC2(CC2)C1. The number of thiazole rings is 1. The summed E-state index contributed by atoms with van der Waals surface area (Å²) >= 11 is 1.56. The van der Waals surface area contributed by atoms with Gasteiger partial charge in [-0.25, -0.2) is 19.7 Å². The molecule has 27 heavy (non-hydrogen) atoms. The number of fused-ring (bicyclic) bond motifs is 1. The van der Waals surface area contributed by atoms with E-state index in [0.717, 1.165) is 48.7 Å². The topological polar surface area (TPSA) is 78.0 Å². The van der Waals surface area contributed by atoms with E-state index in [1.165, 1.54) is 12.8 Å². The van der Waals surface area contributed by atoms with E-state index in [0.29, 0.717) is 12.1 Å². The van der Waals surface area contributed by atoms with Crippen molar-refractivity contribution in [2.24, 2.45) is 5.41 Å². The number of anilines is 1. The smallest absolute Gasteiger partial charge is 0.146 e. The van der Waals surface area contributed by atoms with Crippen molar-refractivity contribution in [2.45, 2.75) is 19.3 Å². The quantitative estimate of drug-likeness (QED) is 0.700. The maximum absolute atomic E-state index is 11.7. The lowest BCUT2D eigenvalue weighted by Crippen LogP contribution is -2.31. The first-order chi connectivity index (χ1) is 13.3. The van der Waals surface area contributed by atoms with E-state index in [4.69, 9.17) is 0 Å². The first kappa shape index (κ1) is 16.5. The molecule has 1 spiro atoms. The summed E-state index contributed by atoms with van der Waals surface area (Å²) in [6.45, 7) is 3.47. The maximum Gasteiger partial charge on any atom is 0.146 e. The number of nitrogens with one attached hydrogen (secondary N) is 1. The summed E-state index contributed by atoms with van der Waals surface area (Å²) in [6, 6.07) is 2.03. The Morgan fingerprint density at radius 1 is 1.26 bits per heavy atom. The summed E-state index contributed by atoms with van der Waals surface area (Å²) in [7, 11) is 0. The van der Waals surface area contributed by atoms with Crippen LogP contribution in [0.25, 0.3) is 11.0 Å². The Labute approximate surface area is 160 Å². The first-order valence-electron chi connectivity index (χ1n) is 9.15. The van der Waals surface area contributed by atoms with Crippen molar-refractivity contribution in [3.05, 3.63) is 40.9 Å². The molecule has 2 fully saturated rings. The third-order valence-electron chi connectivity index (χ3n) is 5.61. The third-order valence-corrected chi connectivity index (χ3v) is 6.25. The maximum atomic E-state index is 11.7. The predicted molar refractivity (Wildman–Crippen MR) is 104 cm³/mol. The lowest BCUT2D eigenvalue weighted by molar-refractivity contribution is 0.302. The second-order valence-corrected chi connectivity index (χ2v) is 8.20. The molecule has 0 aromatic carbocycles. The molecule has 1 N–H and O–H groups in total. The molecule has 0 bridgehead atoms. The number of hydrogen-bond acceptors (Lipinski definition) is 7. The molecule has 1 aliphatic carbocycles. The van der Waals surface area contributed by atoms with Crippen LogP contribution < -0.4 is 4.90 Å². The van der Waals surface area contributed by atoms with Crippen LogP contribution in [-0.4, -0.2) is 57.0 Å². The normalized spacial score (nSPS) is 18.5. The van der Waals surface area contributed by atoms with Crippen LogP contribution in [0.5, 0.6) is 0 Å². The molecule has 3 aromatic heterocycles. The fourth-order valence-electron chi connectivity index (χ4n) is 3.98. The lowest BCUT2D eigenvalue weighted by Gasteiger charge is -2.25. The first-order valence-corrected chi connectivity index (χ1v) is 10.1. The fraction of sp³-hybridized carbons (Fsp3) is 0.421. The zero-order valence-corrected chi connectivity index (χ0v) is 15.7. The highest BCUT2D eigenvalue weighted by Gasteiger charge is 2.47. The molecule has 138 valence electrons. The summed E-state index contributed by atoms with van der Waals surface area (Å²) < 4.78 is 0. The largest absolute Gasteiger partial charge is 0.363 e. The van der Waals surface area contributed by atoms with E-state index < -0.39 is 0 Å². The fourth-order valence-corrected chi connectivity index (χ4v) is 4.54. The monoisotopic (exact) mass is 380 g/mol. The average molecular weight is 380 g/mol. The summed E-state index contributed by atoms with van der Waals surface area (Å²) in [5, 5.41) is 3.05. The van der Waals surface area contributed by atoms with Crippen LogP contribution >= 0.6 is 11.3 Å². The van der Waals surface area contributed by atoms with Gasteiger partial charge in [-0.3, -0.25) is 0 Å². The second kappa shape index (κ2) is 6.48. The molecule has 0 amide bonds. The van der Waals surface area contributed by atoms with Crippen molar-refractivity contribution in [3.8, 4) is 0 Å². The highest BCUT2D eigenvalue weighted by atomic mass is 32.1. The van der Waals surface area contributed by atoms with Gasteiger partial charge in [0.2, 0.25) is 0 Å². The lowest BCUT2D eigenvalue weighted by atomic mass is 10.1. The van der Waals surface area contributed by atoms with Crippen molar-refractivity contribution in [1.82, 2.24) is 24.8 Å². The Bertz CT molecular complexity index is 1000. The molecular formula is C19H20N6OS. The standard InChI is InChI=1S/C19H20N6OS/c26-8-15(7-14-9-27-13-23-14)24-5-6-25(11-19(10-24)2-3-19)18-16-1-4-20-17(16)21-12-22-18/h1,4,9,12-13H,2-3,5-7,10-11H2,(H,20,21,22). The number of hydrogen-bond donors (Lipinski definition) is 1. The number of aromatic nitrogens is 4. The molecular weight excluding hydrogens is 360 g/mol. The van der Waals surface area contributed by atoms with Crippen LogP contribution in [0.1, 0.15) is 18.5 Å². The van der Waals surface area contributed by atoms with Gasteiger partial charge in [0.25, 0.3) is 0 Å². The van der Waals surface area contributed by atoms with Gasteiger partial charge < -0.3 is 14.8 Å². The van der Waals surface area contributed by atoms with Crippen molar-refractivity contribution in [3.63, 3.8) is 0 Å². The third kappa shape index (κ3) is 3.11. The highest BCUT2D eigenvalue weighted by molar-refractivity contribution is 7.07. The van der Waals surface area contributed by atoms with Gasteiger partial charge in [0, 0.05) is 49.6 Å². The van der Waals surface area contributed by atoms with Gasteiger partial charge in [0.15, 0.2) is 0 Å². The molecule has 0 atom stereocenters. The van der Waals surface area contributed by atoms with Gasteiger partial charge in [-0.05, 0) is 18.9 Å². The zero-order chi connectivity index (χ0) is 18.3. The van der Waals surface area contributed by atoms with E-state index in [-0.39, 0.29) is 5.41 Å². The van der Waals surface area contributed by atoms with E-state index in [1.807, 2.05) is 23.2 Å². The van der Waals surface area contributed by atoms with E-state index in [2.05, 4.69) is 35.7 Å². The number of H-pyrrole nitrogens is 1. The highest BCUT2D eigenvalue weighted by Crippen LogP contribution is 2.49. The number of carbonyl (C=O) groups excluding carboxylic acids is 1. The van der Waals surface area contributed by atoms with Crippen molar-refractivity contribution in [1.29, 1.82) is 0 Å². The Kier molecular flexibility index (Phi) is 3.95. The number of allylic oxidation sites excluding steroid dienone is 1. The minimum atomic E-state index is 0.230. The molecule has 5 rings (SSSR count). The van der Waals surface area contributed by atoms with E-state index in [9.17, 15) is 4.79 Å². The number of rotatable bonds is 4. The van der Waals surface area contributed by atoms with Crippen LogP contribution in [-0.2, 0) is 11.2 Å². The van der Waals surface area contributed by atoms with Crippen molar-refractivity contribution in [2.75, 3.05) is 31.1 Å². The minimum absolute atomic E-state index is 0.230. The van der Waals surface area contributed by atoms with Crippen molar-refractivity contribution >= 4 is 34.1 Å². The van der Waals surface area contributed by atoms with Gasteiger partial charge in [-0.2, -0.15) is 0 Å². The van der Waals surface area contributed by atoms with Gasteiger partial charge in [0.1, 0.15) is 29.4 Å². The van der Waals surface area contributed by atoms with E-state index >= 15 is 0 Å². The van der Waals surface area contributed by atoms with Crippen LogP contribution in [0, 0.1) is 5.41 Å². The molecule has 4 heterocycles. The van der Waals surface area contributed by atoms with Gasteiger partial charge >= 0.3 is 0 Å². The Morgan fingerprint density at radius 2 is 2.19 bits per heavy atom. The number of aromatic amines is 1. The van der Waals surface area contributed by atoms with Crippen molar-refractivity contribution < 1.29 is 4.79 Å². The zero-order valence-electron chi connectivity index (χ0n) is 14.9. The van der Waals surface area contributed by atoms with Crippen LogP contribution in [0.15, 0.2) is 35.2 Å². The molecule has 1 aliphatic heterocycles. The molecule has 1 saturated carbocycles. The number of nitrogens with zero attached hydrogens (tertiary/aromatic N) is 5. The average Bonchev–Trinajstić information content (AvgIpc) is 3.08. The summed E-state index contributed by atoms with van der Waals surface area (Å²) in [5.41, 5.74) is 4.55. The Balaban J connectivity index is 1.42. The summed E-state index contributed by atoms with van der Waals surface area (Å²) in [4.78, 5) is 32.6. The molecule has 1 saturated heterocycles. The van der Waals surface area contributed by atoms with Crippen LogP contribution in [0.4, 0.5) is 5.82 Å². The van der Waals surface area contributed by atoms with E-state index in [1.54, 1.807) is 17.7 Å². The van der Waals surface area contributed by atoms with Gasteiger partial charge in [-0.15, -0.1) is 11.3 Å². The summed E-state index contributed by atoms with van der Waals surface area (Å²) in [5.74, 6) is 3.17. The summed E-state index contributed by atoms with van der Waals surface area (Å²) in [6.07, 6.45) is 6.45. The molecule has 8 heteroatoms. The molecule has 3 aromatic rings. The van der Waals surface area contributed by atoms with Crippen LogP contribution in [0.2, 0.25) is 0 Å². The molecule has 0 unspecified atom stereocenters. The Hall–Kier alpha value is -2.70. The Morgan fingerprint density at radius 3 is 2.96 bits per heavy atom. The molecule has 0 radical (unpaired) electrons. The molecule has 7 nitrogen and oxygen atoms in total. The molecule has 2 aliphatic rings. The van der Waals surface area contributed by atoms with Crippen LogP contribution in [0.3, 0.4) is 0 Å².